The number of nitrogens with zero attached hydrogens (tertiary/aromatic N) is 4. The maximum atomic E-state index is 14.4. The maximum Gasteiger partial charge on any atom is 0.150 e. The molecule has 0 saturated heterocycles. The van der Waals surface area contributed by atoms with Gasteiger partial charge in [-0.1, -0.05) is 13.0 Å². The number of halogens is 1. The van der Waals surface area contributed by atoms with E-state index >= 15 is 0 Å². The van der Waals surface area contributed by atoms with Crippen LogP contribution < -0.4 is 10.1 Å². The number of ether oxygens (including phenoxy) is 1. The smallest absolute Gasteiger partial charge is 0.150 e. The zero-order chi connectivity index (χ0) is 21.2. The first-order valence-corrected chi connectivity index (χ1v) is 10.4. The molecule has 1 atom stereocenters. The van der Waals surface area contributed by atoms with Crippen LogP contribution in [0.4, 0.5) is 10.2 Å². The Morgan fingerprint density at radius 3 is 2.97 bits per heavy atom. The first-order valence-electron chi connectivity index (χ1n) is 10.4. The second-order valence-electron chi connectivity index (χ2n) is 7.71. The standard InChI is InChI=1S/C24H22FN5O/c1-15(18-5-9-26-20-6-10-31-24(18)20)4-8-27-22-13-21(29-14-30-22)17-11-16-3-2-7-28-23(16)19(25)12-17/h2-3,5,7,9,11-15H,4,6,8,10H2,1H3,(H,27,29,30). The van der Waals surface area contributed by atoms with Crippen molar-refractivity contribution in [2.75, 3.05) is 18.5 Å². The highest BCUT2D eigenvalue weighted by atomic mass is 19.1. The van der Waals surface area contributed by atoms with Crippen molar-refractivity contribution in [1.82, 2.24) is 19.9 Å². The molecule has 0 fully saturated rings. The van der Waals surface area contributed by atoms with Crippen LogP contribution in [0.1, 0.15) is 30.5 Å². The van der Waals surface area contributed by atoms with Crippen LogP contribution in [-0.2, 0) is 6.42 Å². The number of nitrogens with one attached hydrogen (secondary N) is 1. The lowest BCUT2D eigenvalue weighted by atomic mass is 9.97. The van der Waals surface area contributed by atoms with Gasteiger partial charge < -0.3 is 10.1 Å². The first-order chi connectivity index (χ1) is 15.2. The van der Waals surface area contributed by atoms with Gasteiger partial charge in [-0.15, -0.1) is 0 Å². The highest BCUT2D eigenvalue weighted by Crippen LogP contribution is 2.34. The Bertz CT molecular complexity index is 1250. The molecule has 1 unspecified atom stereocenters. The Balaban J connectivity index is 1.29. The van der Waals surface area contributed by atoms with Gasteiger partial charge in [0.2, 0.25) is 0 Å². The summed E-state index contributed by atoms with van der Waals surface area (Å²) >= 11 is 0. The SMILES string of the molecule is CC(CCNc1cc(-c2cc(F)c3ncccc3c2)ncn1)c1ccnc2c1OCC2. The van der Waals surface area contributed by atoms with Gasteiger partial charge in [0.15, 0.2) is 0 Å². The van der Waals surface area contributed by atoms with Crippen LogP contribution in [0.2, 0.25) is 0 Å². The minimum absolute atomic E-state index is 0.325. The van der Waals surface area contributed by atoms with Crippen molar-refractivity contribution in [1.29, 1.82) is 0 Å². The Morgan fingerprint density at radius 2 is 2.03 bits per heavy atom. The van der Waals surface area contributed by atoms with Crippen molar-refractivity contribution in [2.45, 2.75) is 25.7 Å². The summed E-state index contributed by atoms with van der Waals surface area (Å²) in [6.45, 7) is 3.64. The van der Waals surface area contributed by atoms with Gasteiger partial charge in [0.05, 0.1) is 18.0 Å². The van der Waals surface area contributed by atoms with Crippen molar-refractivity contribution in [3.63, 3.8) is 0 Å². The Kier molecular flexibility index (Phi) is 5.16. The number of hydrogen-bond acceptors (Lipinski definition) is 6. The number of pyridine rings is 2. The molecular formula is C24H22FN5O. The molecule has 4 heterocycles. The molecule has 0 saturated carbocycles. The molecule has 1 aliphatic heterocycles. The molecule has 7 heteroatoms. The van der Waals surface area contributed by atoms with Gasteiger partial charge in [0, 0.05) is 47.9 Å². The fourth-order valence-electron chi connectivity index (χ4n) is 3.97. The van der Waals surface area contributed by atoms with E-state index in [1.807, 2.05) is 30.5 Å². The average Bonchev–Trinajstić information content (AvgIpc) is 3.28. The summed E-state index contributed by atoms with van der Waals surface area (Å²) in [6.07, 6.45) is 6.74. The summed E-state index contributed by atoms with van der Waals surface area (Å²) in [5.41, 5.74) is 3.97. The number of fused-ring (bicyclic) bond motifs is 2. The number of benzene rings is 1. The van der Waals surface area contributed by atoms with E-state index in [-0.39, 0.29) is 5.82 Å². The van der Waals surface area contributed by atoms with Crippen LogP contribution >= 0.6 is 0 Å². The minimum Gasteiger partial charge on any atom is -0.491 e. The molecule has 3 aromatic heterocycles. The molecule has 1 aromatic carbocycles. The summed E-state index contributed by atoms with van der Waals surface area (Å²) in [5, 5.41) is 4.10. The van der Waals surface area contributed by atoms with Crippen LogP contribution in [0.5, 0.6) is 5.75 Å². The molecular weight excluding hydrogens is 393 g/mol. The van der Waals surface area contributed by atoms with Gasteiger partial charge >= 0.3 is 0 Å². The highest BCUT2D eigenvalue weighted by Gasteiger charge is 2.20. The van der Waals surface area contributed by atoms with E-state index in [2.05, 4.69) is 32.2 Å². The number of hydrogen-bond donors (Lipinski definition) is 1. The largest absolute Gasteiger partial charge is 0.491 e. The molecule has 0 amide bonds. The number of anilines is 1. The lowest BCUT2D eigenvalue weighted by Crippen LogP contribution is -2.08. The summed E-state index contributed by atoms with van der Waals surface area (Å²) in [7, 11) is 0. The fraction of sp³-hybridized carbons (Fsp3) is 0.250. The van der Waals surface area contributed by atoms with Crippen LogP contribution in [0.3, 0.4) is 0 Å². The first kappa shape index (κ1) is 19.4. The van der Waals surface area contributed by atoms with Crippen LogP contribution in [0.15, 0.2) is 55.1 Å². The maximum absolute atomic E-state index is 14.4. The molecule has 31 heavy (non-hydrogen) atoms. The Hall–Kier alpha value is -3.61. The lowest BCUT2D eigenvalue weighted by molar-refractivity contribution is 0.351. The van der Waals surface area contributed by atoms with Crippen molar-refractivity contribution in [3.05, 3.63) is 72.2 Å². The van der Waals surface area contributed by atoms with E-state index in [1.165, 1.54) is 18.0 Å². The quantitative estimate of drug-likeness (QED) is 0.489. The second-order valence-corrected chi connectivity index (χ2v) is 7.71. The molecule has 6 nitrogen and oxygen atoms in total. The zero-order valence-electron chi connectivity index (χ0n) is 17.2. The summed E-state index contributed by atoms with van der Waals surface area (Å²) in [6, 6.07) is 10.9. The van der Waals surface area contributed by atoms with Gasteiger partial charge in [0.1, 0.15) is 29.2 Å². The molecule has 0 spiro atoms. The predicted octanol–water partition coefficient (Wildman–Crippen LogP) is 4.77. The normalized spacial score (nSPS) is 13.6. The lowest BCUT2D eigenvalue weighted by Gasteiger charge is -2.15. The van der Waals surface area contributed by atoms with Crippen molar-refractivity contribution in [2.24, 2.45) is 0 Å². The molecule has 0 radical (unpaired) electrons. The molecule has 4 aromatic rings. The van der Waals surface area contributed by atoms with Crippen LogP contribution in [0.25, 0.3) is 22.2 Å². The Labute approximate surface area is 179 Å². The number of rotatable bonds is 6. The van der Waals surface area contributed by atoms with E-state index in [4.69, 9.17) is 4.74 Å². The second kappa shape index (κ2) is 8.26. The van der Waals surface area contributed by atoms with E-state index < -0.39 is 0 Å². The topological polar surface area (TPSA) is 72.8 Å². The van der Waals surface area contributed by atoms with Gasteiger partial charge in [-0.05, 0) is 36.6 Å². The van der Waals surface area contributed by atoms with E-state index in [0.29, 0.717) is 35.1 Å². The van der Waals surface area contributed by atoms with E-state index in [9.17, 15) is 4.39 Å². The Morgan fingerprint density at radius 1 is 1.10 bits per heavy atom. The van der Waals surface area contributed by atoms with E-state index in [0.717, 1.165) is 36.2 Å². The highest BCUT2D eigenvalue weighted by molar-refractivity contribution is 5.84. The number of aromatic nitrogens is 4. The molecule has 1 N–H and O–H groups in total. The fourth-order valence-corrected chi connectivity index (χ4v) is 3.97. The molecule has 1 aliphatic rings. The molecule has 5 rings (SSSR count). The minimum atomic E-state index is -0.359. The third kappa shape index (κ3) is 3.91. The van der Waals surface area contributed by atoms with E-state index in [1.54, 1.807) is 12.3 Å². The third-order valence-corrected chi connectivity index (χ3v) is 5.63. The van der Waals surface area contributed by atoms with Crippen molar-refractivity contribution < 1.29 is 9.13 Å². The van der Waals surface area contributed by atoms with Gasteiger partial charge in [-0.25, -0.2) is 14.4 Å². The predicted molar refractivity (Wildman–Crippen MR) is 118 cm³/mol. The average molecular weight is 415 g/mol. The summed E-state index contributed by atoms with van der Waals surface area (Å²) in [5.74, 6) is 1.63. The summed E-state index contributed by atoms with van der Waals surface area (Å²) in [4.78, 5) is 17.1. The van der Waals surface area contributed by atoms with Crippen LogP contribution in [0, 0.1) is 5.82 Å². The molecule has 156 valence electrons. The zero-order valence-corrected chi connectivity index (χ0v) is 17.2. The van der Waals surface area contributed by atoms with Crippen molar-refractivity contribution >= 4 is 16.7 Å². The van der Waals surface area contributed by atoms with Gasteiger partial charge in [-0.2, -0.15) is 0 Å². The molecule has 0 aliphatic carbocycles. The third-order valence-electron chi connectivity index (χ3n) is 5.63. The van der Waals surface area contributed by atoms with Crippen LogP contribution in [-0.4, -0.2) is 33.1 Å². The van der Waals surface area contributed by atoms with Gasteiger partial charge in [-0.3, -0.25) is 9.97 Å². The van der Waals surface area contributed by atoms with Gasteiger partial charge in [0.25, 0.3) is 0 Å². The molecule has 0 bridgehead atoms. The monoisotopic (exact) mass is 415 g/mol. The van der Waals surface area contributed by atoms with Crippen molar-refractivity contribution in [3.8, 4) is 17.0 Å². The summed E-state index contributed by atoms with van der Waals surface area (Å²) < 4.78 is 20.2.